The number of nitrogens with one attached hydrogen (secondary N) is 1. The lowest BCUT2D eigenvalue weighted by Gasteiger charge is -2.06. The minimum atomic E-state index is -3.61. The van der Waals surface area contributed by atoms with Crippen LogP contribution in [-0.2, 0) is 23.2 Å². The van der Waals surface area contributed by atoms with Crippen LogP contribution in [0.3, 0.4) is 0 Å². The zero-order valence-electron chi connectivity index (χ0n) is 10.7. The Bertz CT molecular complexity index is 625. The summed E-state index contributed by atoms with van der Waals surface area (Å²) in [6, 6.07) is 2.89. The lowest BCUT2D eigenvalue weighted by atomic mass is 10.3. The molecule has 9 heteroatoms. The van der Waals surface area contributed by atoms with Crippen molar-refractivity contribution in [3.63, 3.8) is 0 Å². The van der Waals surface area contributed by atoms with Gasteiger partial charge >= 0.3 is 0 Å². The third-order valence-electron chi connectivity index (χ3n) is 2.58. The number of hydrogen-bond donors (Lipinski definition) is 2. The minimum Gasteiger partial charge on any atom is -0.392 e. The molecule has 0 saturated carbocycles. The molecule has 108 valence electrons. The first-order valence-corrected chi connectivity index (χ1v) is 7.50. The number of aliphatic hydroxyl groups is 1. The van der Waals surface area contributed by atoms with Crippen molar-refractivity contribution < 1.29 is 13.5 Å². The second-order valence-corrected chi connectivity index (χ2v) is 5.79. The number of aliphatic hydroxyl groups excluding tert-OH is 1. The van der Waals surface area contributed by atoms with Crippen molar-refractivity contribution in [1.29, 1.82) is 0 Å². The molecule has 0 radical (unpaired) electrons. The van der Waals surface area contributed by atoms with Gasteiger partial charge in [0.25, 0.3) is 10.0 Å². The van der Waals surface area contributed by atoms with Crippen LogP contribution in [0.2, 0.25) is 0 Å². The van der Waals surface area contributed by atoms with Crippen LogP contribution in [-0.4, -0.2) is 40.0 Å². The molecule has 0 atom stereocenters. The van der Waals surface area contributed by atoms with Gasteiger partial charge in [0, 0.05) is 25.5 Å². The highest BCUT2D eigenvalue weighted by Crippen LogP contribution is 2.06. The van der Waals surface area contributed by atoms with Crippen molar-refractivity contribution in [2.24, 2.45) is 0 Å². The highest BCUT2D eigenvalue weighted by atomic mass is 32.2. The Morgan fingerprint density at radius 1 is 1.35 bits per heavy atom. The molecular weight excluding hydrogens is 282 g/mol. The molecule has 2 heterocycles. The Morgan fingerprint density at radius 3 is 2.80 bits per heavy atom. The summed E-state index contributed by atoms with van der Waals surface area (Å²) in [7, 11) is -3.61. The summed E-state index contributed by atoms with van der Waals surface area (Å²) in [5, 5.41) is 16.3. The van der Waals surface area contributed by atoms with E-state index in [2.05, 4.69) is 20.0 Å². The van der Waals surface area contributed by atoms with Crippen molar-refractivity contribution in [3.8, 4) is 0 Å². The van der Waals surface area contributed by atoms with E-state index in [0.717, 1.165) is 0 Å². The molecule has 0 aliphatic carbocycles. The Balaban J connectivity index is 1.86. The van der Waals surface area contributed by atoms with Gasteiger partial charge in [0.15, 0.2) is 5.03 Å². The van der Waals surface area contributed by atoms with Crippen LogP contribution in [0.15, 0.2) is 35.7 Å². The van der Waals surface area contributed by atoms with E-state index in [0.29, 0.717) is 18.5 Å². The monoisotopic (exact) mass is 297 g/mol. The van der Waals surface area contributed by atoms with Crippen LogP contribution in [0.1, 0.15) is 12.0 Å². The fourth-order valence-corrected chi connectivity index (χ4v) is 2.54. The van der Waals surface area contributed by atoms with Gasteiger partial charge in [-0.05, 0) is 18.1 Å². The first-order chi connectivity index (χ1) is 9.62. The van der Waals surface area contributed by atoms with Crippen molar-refractivity contribution >= 4 is 10.0 Å². The molecule has 2 aromatic heterocycles. The van der Waals surface area contributed by atoms with Crippen molar-refractivity contribution in [1.82, 2.24) is 24.7 Å². The molecule has 0 spiro atoms. The zero-order valence-corrected chi connectivity index (χ0v) is 11.5. The van der Waals surface area contributed by atoms with Gasteiger partial charge in [-0.2, -0.15) is 0 Å². The number of rotatable bonds is 7. The quantitative estimate of drug-likeness (QED) is 0.669. The number of aryl methyl sites for hydroxylation is 1. The van der Waals surface area contributed by atoms with Crippen LogP contribution in [0.4, 0.5) is 0 Å². The summed E-state index contributed by atoms with van der Waals surface area (Å²) in [4.78, 5) is 3.81. The number of sulfonamides is 1. The normalized spacial score (nSPS) is 11.7. The fourth-order valence-electron chi connectivity index (χ4n) is 1.54. The lowest BCUT2D eigenvalue weighted by molar-refractivity contribution is 0.281. The molecule has 2 rings (SSSR count). The van der Waals surface area contributed by atoms with Gasteiger partial charge in [-0.3, -0.25) is 4.68 Å². The van der Waals surface area contributed by atoms with Gasteiger partial charge in [-0.25, -0.2) is 18.1 Å². The van der Waals surface area contributed by atoms with E-state index < -0.39 is 10.0 Å². The molecular formula is C11H15N5O3S. The molecule has 0 aliphatic rings. The number of aromatic nitrogens is 4. The van der Waals surface area contributed by atoms with Gasteiger partial charge in [-0.1, -0.05) is 11.3 Å². The molecule has 0 amide bonds. The van der Waals surface area contributed by atoms with E-state index in [1.807, 2.05) is 0 Å². The third-order valence-corrected chi connectivity index (χ3v) is 3.96. The number of pyridine rings is 1. The predicted octanol–water partition coefficient (Wildman–Crippen LogP) is -0.466. The van der Waals surface area contributed by atoms with Crippen LogP contribution in [0.5, 0.6) is 0 Å². The Kier molecular flexibility index (Phi) is 4.77. The second-order valence-electron chi connectivity index (χ2n) is 4.08. The molecule has 20 heavy (non-hydrogen) atoms. The van der Waals surface area contributed by atoms with Gasteiger partial charge in [0.1, 0.15) is 0 Å². The number of hydrogen-bond acceptors (Lipinski definition) is 6. The van der Waals surface area contributed by atoms with E-state index in [4.69, 9.17) is 5.11 Å². The van der Waals surface area contributed by atoms with E-state index in [1.54, 1.807) is 17.1 Å². The van der Waals surface area contributed by atoms with Crippen molar-refractivity contribution in [3.05, 3.63) is 36.3 Å². The maximum absolute atomic E-state index is 11.9. The average Bonchev–Trinajstić information content (AvgIpc) is 2.97. The van der Waals surface area contributed by atoms with Crippen LogP contribution in [0.25, 0.3) is 0 Å². The van der Waals surface area contributed by atoms with E-state index in [1.165, 1.54) is 18.3 Å². The van der Waals surface area contributed by atoms with Crippen LogP contribution < -0.4 is 4.72 Å². The highest BCUT2D eigenvalue weighted by Gasteiger charge is 2.14. The molecule has 0 aliphatic heterocycles. The summed E-state index contributed by atoms with van der Waals surface area (Å²) in [6.45, 7) is 0.698. The van der Waals surface area contributed by atoms with Gasteiger partial charge in [0.2, 0.25) is 0 Å². The standard InChI is InChI=1S/C11H15N5O3S/c17-9-10-2-3-11(12-8-10)20(18,19)14-4-1-6-16-7-5-13-15-16/h2-3,5,7-8,14,17H,1,4,6,9H2. The third kappa shape index (κ3) is 3.83. The number of nitrogens with zero attached hydrogens (tertiary/aromatic N) is 4. The van der Waals surface area contributed by atoms with E-state index in [-0.39, 0.29) is 18.2 Å². The Labute approximate surface area is 116 Å². The molecule has 0 fully saturated rings. The molecule has 0 saturated heterocycles. The fraction of sp³-hybridized carbons (Fsp3) is 0.364. The molecule has 0 bridgehead atoms. The molecule has 8 nitrogen and oxygen atoms in total. The lowest BCUT2D eigenvalue weighted by Crippen LogP contribution is -2.26. The molecule has 2 aromatic rings. The smallest absolute Gasteiger partial charge is 0.258 e. The predicted molar refractivity (Wildman–Crippen MR) is 70.0 cm³/mol. The topological polar surface area (TPSA) is 110 Å². The summed E-state index contributed by atoms with van der Waals surface area (Å²) < 4.78 is 27.9. The summed E-state index contributed by atoms with van der Waals surface area (Å²) in [6.07, 6.45) is 5.21. The summed E-state index contributed by atoms with van der Waals surface area (Å²) >= 11 is 0. The highest BCUT2D eigenvalue weighted by molar-refractivity contribution is 7.89. The zero-order chi connectivity index (χ0) is 14.4. The van der Waals surface area contributed by atoms with Crippen LogP contribution >= 0.6 is 0 Å². The molecule has 0 unspecified atom stereocenters. The SMILES string of the molecule is O=S(=O)(NCCCn1ccnn1)c1ccc(CO)cn1. The van der Waals surface area contributed by atoms with Crippen molar-refractivity contribution in [2.75, 3.05) is 6.54 Å². The summed E-state index contributed by atoms with van der Waals surface area (Å²) in [5.74, 6) is 0. The second kappa shape index (κ2) is 6.55. The largest absolute Gasteiger partial charge is 0.392 e. The van der Waals surface area contributed by atoms with Gasteiger partial charge in [0.05, 0.1) is 12.8 Å². The van der Waals surface area contributed by atoms with Gasteiger partial charge < -0.3 is 5.11 Å². The van der Waals surface area contributed by atoms with Crippen molar-refractivity contribution in [2.45, 2.75) is 24.6 Å². The minimum absolute atomic E-state index is 0.0598. The average molecular weight is 297 g/mol. The summed E-state index contributed by atoms with van der Waals surface area (Å²) in [5.41, 5.74) is 0.565. The van der Waals surface area contributed by atoms with E-state index >= 15 is 0 Å². The first kappa shape index (κ1) is 14.6. The van der Waals surface area contributed by atoms with E-state index in [9.17, 15) is 8.42 Å². The first-order valence-electron chi connectivity index (χ1n) is 6.01. The molecule has 2 N–H and O–H groups in total. The molecule has 0 aromatic carbocycles. The maximum Gasteiger partial charge on any atom is 0.258 e. The maximum atomic E-state index is 11.9. The Morgan fingerprint density at radius 2 is 2.20 bits per heavy atom. The Hall–Kier alpha value is -1.84. The van der Waals surface area contributed by atoms with Crippen LogP contribution in [0, 0.1) is 0 Å². The van der Waals surface area contributed by atoms with Gasteiger partial charge in [-0.15, -0.1) is 5.10 Å².